The summed E-state index contributed by atoms with van der Waals surface area (Å²) in [4.78, 5) is 27.2. The fourth-order valence-corrected chi connectivity index (χ4v) is 2.89. The van der Waals surface area contributed by atoms with Gasteiger partial charge in [-0.15, -0.1) is 5.10 Å². The molecule has 2 aromatic heterocycles. The summed E-state index contributed by atoms with van der Waals surface area (Å²) in [5.41, 5.74) is 1.74. The van der Waals surface area contributed by atoms with E-state index in [1.54, 1.807) is 0 Å². The summed E-state index contributed by atoms with van der Waals surface area (Å²) in [7, 11) is 0. The summed E-state index contributed by atoms with van der Waals surface area (Å²) in [6, 6.07) is 9.07. The molecule has 2 heterocycles. The lowest BCUT2D eigenvalue weighted by atomic mass is 10.1. The number of rotatable bonds is 5. The predicted octanol–water partition coefficient (Wildman–Crippen LogP) is 1.76. The van der Waals surface area contributed by atoms with Crippen LogP contribution < -0.4 is 16.2 Å². The van der Waals surface area contributed by atoms with E-state index in [0.29, 0.717) is 16.6 Å². The van der Waals surface area contributed by atoms with E-state index in [9.17, 15) is 9.59 Å². The first-order valence-electron chi connectivity index (χ1n) is 7.07. The van der Waals surface area contributed by atoms with Gasteiger partial charge in [-0.05, 0) is 24.1 Å². The number of nitrogens with one attached hydrogen (secondary N) is 2. The molecule has 0 aliphatic rings. The van der Waals surface area contributed by atoms with Crippen molar-refractivity contribution in [3.8, 4) is 0 Å². The largest absolute Gasteiger partial charge is 0.360 e. The van der Waals surface area contributed by atoms with E-state index in [-0.39, 0.29) is 11.5 Å². The standard InChI is InChI=1S/C15H15N5O2S/c1-10(21)18-12-4-2-11(3-5-12)6-8-16-14-19-20-13(22)7-9-17-15(20)23-14/h2-5,7,9H,6,8H2,1H3,(H,16,19)(H,18,21). The van der Waals surface area contributed by atoms with Gasteiger partial charge in [0.15, 0.2) is 0 Å². The number of nitrogens with zero attached hydrogens (tertiary/aromatic N) is 3. The quantitative estimate of drug-likeness (QED) is 0.745. The molecule has 0 saturated heterocycles. The van der Waals surface area contributed by atoms with Crippen LogP contribution in [0.1, 0.15) is 12.5 Å². The Morgan fingerprint density at radius 2 is 2.04 bits per heavy atom. The zero-order valence-corrected chi connectivity index (χ0v) is 13.3. The molecule has 8 heteroatoms. The average molecular weight is 329 g/mol. The minimum atomic E-state index is -0.187. The average Bonchev–Trinajstić information content (AvgIpc) is 2.93. The summed E-state index contributed by atoms with van der Waals surface area (Å²) in [6.07, 6.45) is 2.29. The van der Waals surface area contributed by atoms with Crippen LogP contribution in [0.5, 0.6) is 0 Å². The molecule has 0 atom stereocenters. The number of hydrogen-bond acceptors (Lipinski definition) is 6. The highest BCUT2D eigenvalue weighted by atomic mass is 32.1. The number of aromatic nitrogens is 3. The Morgan fingerprint density at radius 1 is 1.26 bits per heavy atom. The smallest absolute Gasteiger partial charge is 0.275 e. The Morgan fingerprint density at radius 3 is 2.74 bits per heavy atom. The van der Waals surface area contributed by atoms with Crippen molar-refractivity contribution >= 4 is 33.0 Å². The third kappa shape index (κ3) is 3.72. The molecule has 0 fully saturated rings. The van der Waals surface area contributed by atoms with Gasteiger partial charge in [0.25, 0.3) is 5.56 Å². The summed E-state index contributed by atoms with van der Waals surface area (Å²) in [6.45, 7) is 2.17. The van der Waals surface area contributed by atoms with Crippen LogP contribution in [-0.4, -0.2) is 27.0 Å². The molecular formula is C15H15N5O2S. The fraction of sp³-hybridized carbons (Fsp3) is 0.200. The Hall–Kier alpha value is -2.74. The molecule has 0 spiro atoms. The molecule has 1 aromatic carbocycles. The maximum atomic E-state index is 11.6. The molecule has 0 radical (unpaired) electrons. The molecule has 3 rings (SSSR count). The SMILES string of the molecule is CC(=O)Nc1ccc(CCNc2nn3c(=O)ccnc3s2)cc1. The van der Waals surface area contributed by atoms with E-state index in [2.05, 4.69) is 20.7 Å². The highest BCUT2D eigenvalue weighted by Gasteiger charge is 2.05. The van der Waals surface area contributed by atoms with Crippen molar-refractivity contribution in [2.75, 3.05) is 17.2 Å². The Bertz CT molecular complexity index is 885. The van der Waals surface area contributed by atoms with Crippen LogP contribution in [-0.2, 0) is 11.2 Å². The lowest BCUT2D eigenvalue weighted by Crippen LogP contribution is -2.13. The molecular weight excluding hydrogens is 314 g/mol. The van der Waals surface area contributed by atoms with Gasteiger partial charge in [-0.2, -0.15) is 4.52 Å². The van der Waals surface area contributed by atoms with Crippen molar-refractivity contribution < 1.29 is 4.79 Å². The molecule has 0 unspecified atom stereocenters. The highest BCUT2D eigenvalue weighted by molar-refractivity contribution is 7.20. The van der Waals surface area contributed by atoms with Gasteiger partial charge in [0, 0.05) is 31.4 Å². The lowest BCUT2D eigenvalue weighted by molar-refractivity contribution is -0.114. The molecule has 23 heavy (non-hydrogen) atoms. The van der Waals surface area contributed by atoms with E-state index in [4.69, 9.17) is 0 Å². The molecule has 3 aromatic rings. The second-order valence-electron chi connectivity index (χ2n) is 4.94. The Labute approximate surface area is 136 Å². The van der Waals surface area contributed by atoms with Crippen molar-refractivity contribution in [2.45, 2.75) is 13.3 Å². The highest BCUT2D eigenvalue weighted by Crippen LogP contribution is 2.16. The number of carbonyl (C=O) groups excluding carboxylic acids is 1. The zero-order chi connectivity index (χ0) is 16.2. The van der Waals surface area contributed by atoms with Gasteiger partial charge in [-0.1, -0.05) is 23.5 Å². The van der Waals surface area contributed by atoms with Gasteiger partial charge < -0.3 is 10.6 Å². The van der Waals surface area contributed by atoms with Gasteiger partial charge in [0.05, 0.1) is 0 Å². The molecule has 0 saturated carbocycles. The van der Waals surface area contributed by atoms with Gasteiger partial charge >= 0.3 is 0 Å². The topological polar surface area (TPSA) is 88.4 Å². The van der Waals surface area contributed by atoms with Crippen molar-refractivity contribution in [1.82, 2.24) is 14.6 Å². The van der Waals surface area contributed by atoms with Crippen LogP contribution in [0.2, 0.25) is 0 Å². The molecule has 7 nitrogen and oxygen atoms in total. The van der Waals surface area contributed by atoms with Gasteiger partial charge in [0.2, 0.25) is 16.0 Å². The predicted molar refractivity (Wildman–Crippen MR) is 90.1 cm³/mol. The first-order chi connectivity index (χ1) is 11.1. The maximum Gasteiger partial charge on any atom is 0.275 e. The summed E-state index contributed by atoms with van der Waals surface area (Å²) in [5, 5.41) is 10.8. The normalized spacial score (nSPS) is 10.7. The Kier molecular flexibility index (Phi) is 4.33. The zero-order valence-electron chi connectivity index (χ0n) is 12.4. The van der Waals surface area contributed by atoms with Crippen LogP contribution in [0.4, 0.5) is 10.8 Å². The Balaban J connectivity index is 1.59. The van der Waals surface area contributed by atoms with E-state index < -0.39 is 0 Å². The summed E-state index contributed by atoms with van der Waals surface area (Å²) in [5.74, 6) is -0.0842. The van der Waals surface area contributed by atoms with Gasteiger partial charge in [-0.25, -0.2) is 4.98 Å². The molecule has 0 aliphatic carbocycles. The number of benzene rings is 1. The number of hydrogen-bond donors (Lipinski definition) is 2. The number of carbonyl (C=O) groups is 1. The van der Waals surface area contributed by atoms with Crippen LogP contribution in [0, 0.1) is 0 Å². The van der Waals surface area contributed by atoms with Crippen molar-refractivity contribution in [3.63, 3.8) is 0 Å². The van der Waals surface area contributed by atoms with Crippen LogP contribution >= 0.6 is 11.3 Å². The monoisotopic (exact) mass is 329 g/mol. The summed E-state index contributed by atoms with van der Waals surface area (Å²) < 4.78 is 1.29. The minimum absolute atomic E-state index is 0.0842. The third-order valence-electron chi connectivity index (χ3n) is 3.14. The van der Waals surface area contributed by atoms with Gasteiger partial charge in [0.1, 0.15) is 0 Å². The second kappa shape index (κ2) is 6.57. The van der Waals surface area contributed by atoms with E-state index in [1.807, 2.05) is 24.3 Å². The van der Waals surface area contributed by atoms with E-state index >= 15 is 0 Å². The fourth-order valence-electron chi connectivity index (χ4n) is 2.09. The third-order valence-corrected chi connectivity index (χ3v) is 4.02. The van der Waals surface area contributed by atoms with Crippen LogP contribution in [0.15, 0.2) is 41.3 Å². The number of fused-ring (bicyclic) bond motifs is 1. The first kappa shape index (κ1) is 15.2. The number of anilines is 2. The summed E-state index contributed by atoms with van der Waals surface area (Å²) >= 11 is 1.34. The van der Waals surface area contributed by atoms with Crippen molar-refractivity contribution in [3.05, 3.63) is 52.4 Å². The van der Waals surface area contributed by atoms with Crippen molar-refractivity contribution in [2.24, 2.45) is 0 Å². The molecule has 2 N–H and O–H groups in total. The molecule has 0 aliphatic heterocycles. The first-order valence-corrected chi connectivity index (χ1v) is 7.89. The molecule has 0 bridgehead atoms. The molecule has 1 amide bonds. The van der Waals surface area contributed by atoms with E-state index in [1.165, 1.54) is 35.0 Å². The number of amides is 1. The minimum Gasteiger partial charge on any atom is -0.360 e. The van der Waals surface area contributed by atoms with Crippen LogP contribution in [0.25, 0.3) is 4.96 Å². The van der Waals surface area contributed by atoms with E-state index in [0.717, 1.165) is 17.7 Å². The van der Waals surface area contributed by atoms with Gasteiger partial charge in [-0.3, -0.25) is 9.59 Å². The lowest BCUT2D eigenvalue weighted by Gasteiger charge is -2.05. The van der Waals surface area contributed by atoms with Crippen LogP contribution in [0.3, 0.4) is 0 Å². The second-order valence-corrected chi connectivity index (χ2v) is 5.90. The molecule has 118 valence electrons. The maximum absolute atomic E-state index is 11.6. The van der Waals surface area contributed by atoms with Crippen molar-refractivity contribution in [1.29, 1.82) is 0 Å².